The van der Waals surface area contributed by atoms with Crippen molar-refractivity contribution in [2.24, 2.45) is 12.0 Å². The SMILES string of the molecule is Cn1c(=NC(=O)COc2ccccc2)sc2cc3c(cc21)OCO3. The van der Waals surface area contributed by atoms with Gasteiger partial charge in [0, 0.05) is 19.2 Å². The molecule has 1 aromatic heterocycles. The fourth-order valence-corrected chi connectivity index (χ4v) is 3.47. The number of nitrogens with zero attached hydrogens (tertiary/aromatic N) is 2. The first kappa shape index (κ1) is 14.8. The van der Waals surface area contributed by atoms with Crippen molar-refractivity contribution in [1.29, 1.82) is 0 Å². The van der Waals surface area contributed by atoms with Crippen LogP contribution in [-0.4, -0.2) is 23.9 Å². The lowest BCUT2D eigenvalue weighted by Crippen LogP contribution is -2.17. The van der Waals surface area contributed by atoms with E-state index in [1.807, 2.05) is 41.9 Å². The first-order valence-electron chi connectivity index (χ1n) is 7.35. The number of hydrogen-bond donors (Lipinski definition) is 0. The number of aromatic nitrogens is 1. The molecule has 2 aromatic carbocycles. The van der Waals surface area contributed by atoms with Crippen LogP contribution in [0.1, 0.15) is 0 Å². The van der Waals surface area contributed by atoms with E-state index in [2.05, 4.69) is 4.99 Å². The third kappa shape index (κ3) is 2.74. The summed E-state index contributed by atoms with van der Waals surface area (Å²) in [7, 11) is 1.87. The molecule has 0 fully saturated rings. The van der Waals surface area contributed by atoms with Gasteiger partial charge in [-0.1, -0.05) is 29.5 Å². The quantitative estimate of drug-likeness (QED) is 0.734. The van der Waals surface area contributed by atoms with Crippen LogP contribution in [0.2, 0.25) is 0 Å². The van der Waals surface area contributed by atoms with Gasteiger partial charge in [0.05, 0.1) is 10.2 Å². The Bertz CT molecular complexity index is 975. The molecule has 0 saturated carbocycles. The minimum Gasteiger partial charge on any atom is -0.484 e. The molecule has 3 aromatic rings. The Hall–Kier alpha value is -2.80. The molecule has 0 radical (unpaired) electrons. The smallest absolute Gasteiger partial charge is 0.286 e. The molecule has 1 aliphatic heterocycles. The van der Waals surface area contributed by atoms with E-state index < -0.39 is 0 Å². The molecule has 4 rings (SSSR count). The first-order valence-corrected chi connectivity index (χ1v) is 8.17. The van der Waals surface area contributed by atoms with E-state index in [-0.39, 0.29) is 19.3 Å². The van der Waals surface area contributed by atoms with Crippen LogP contribution in [-0.2, 0) is 11.8 Å². The summed E-state index contributed by atoms with van der Waals surface area (Å²) in [6.45, 7) is 0.143. The summed E-state index contributed by atoms with van der Waals surface area (Å²) in [6.07, 6.45) is 0. The summed E-state index contributed by atoms with van der Waals surface area (Å²) in [4.78, 5) is 16.8. The van der Waals surface area contributed by atoms with Crippen molar-refractivity contribution in [1.82, 2.24) is 4.57 Å². The lowest BCUT2D eigenvalue weighted by molar-refractivity contribution is -0.120. The van der Waals surface area contributed by atoms with E-state index in [4.69, 9.17) is 14.2 Å². The molecule has 0 aliphatic carbocycles. The number of ether oxygens (including phenoxy) is 3. The van der Waals surface area contributed by atoms with Crippen molar-refractivity contribution < 1.29 is 19.0 Å². The van der Waals surface area contributed by atoms with Gasteiger partial charge in [0.2, 0.25) is 6.79 Å². The predicted octanol–water partition coefficient (Wildman–Crippen LogP) is 2.47. The second kappa shape index (κ2) is 6.01. The zero-order chi connectivity index (χ0) is 16.5. The Balaban J connectivity index is 1.60. The first-order chi connectivity index (χ1) is 11.7. The minimum atomic E-state index is -0.332. The molecular formula is C17H14N2O4S. The monoisotopic (exact) mass is 342 g/mol. The number of carbonyl (C=O) groups is 1. The average Bonchev–Trinajstić information content (AvgIpc) is 3.17. The topological polar surface area (TPSA) is 62.1 Å². The van der Waals surface area contributed by atoms with E-state index in [1.54, 1.807) is 12.1 Å². The maximum absolute atomic E-state index is 12.1. The maximum Gasteiger partial charge on any atom is 0.286 e. The van der Waals surface area contributed by atoms with Crippen LogP contribution in [0.5, 0.6) is 17.2 Å². The summed E-state index contributed by atoms with van der Waals surface area (Å²) in [5.74, 6) is 1.74. The Kier molecular flexibility index (Phi) is 3.70. The van der Waals surface area contributed by atoms with E-state index in [1.165, 1.54) is 11.3 Å². The summed E-state index contributed by atoms with van der Waals surface area (Å²) < 4.78 is 19.1. The van der Waals surface area contributed by atoms with Gasteiger partial charge in [0.25, 0.3) is 5.91 Å². The maximum atomic E-state index is 12.1. The van der Waals surface area contributed by atoms with Crippen LogP contribution >= 0.6 is 11.3 Å². The number of aryl methyl sites for hydroxylation is 1. The predicted molar refractivity (Wildman–Crippen MR) is 89.4 cm³/mol. The van der Waals surface area contributed by atoms with Gasteiger partial charge in [0.1, 0.15) is 5.75 Å². The Labute approximate surface area is 141 Å². The lowest BCUT2D eigenvalue weighted by Gasteiger charge is -2.02. The highest BCUT2D eigenvalue weighted by Crippen LogP contribution is 2.36. The van der Waals surface area contributed by atoms with E-state index in [9.17, 15) is 4.79 Å². The molecule has 1 amide bonds. The molecule has 0 unspecified atom stereocenters. The van der Waals surface area contributed by atoms with E-state index >= 15 is 0 Å². The van der Waals surface area contributed by atoms with Crippen LogP contribution in [0, 0.1) is 0 Å². The van der Waals surface area contributed by atoms with Gasteiger partial charge in [-0.15, -0.1) is 0 Å². The van der Waals surface area contributed by atoms with Crippen LogP contribution < -0.4 is 19.0 Å². The highest BCUT2D eigenvalue weighted by Gasteiger charge is 2.16. The molecule has 122 valence electrons. The Morgan fingerprint density at radius 2 is 2.00 bits per heavy atom. The van der Waals surface area contributed by atoms with Crippen molar-refractivity contribution in [3.05, 3.63) is 47.3 Å². The molecule has 0 atom stereocenters. The van der Waals surface area contributed by atoms with Crippen LogP contribution in [0.4, 0.5) is 0 Å². The number of carbonyl (C=O) groups excluding carboxylic acids is 1. The van der Waals surface area contributed by atoms with Crippen LogP contribution in [0.25, 0.3) is 10.2 Å². The molecule has 0 N–H and O–H groups in total. The summed E-state index contributed by atoms with van der Waals surface area (Å²) >= 11 is 1.42. The lowest BCUT2D eigenvalue weighted by atomic mass is 10.3. The molecule has 0 spiro atoms. The second-order valence-corrected chi connectivity index (χ2v) is 6.23. The van der Waals surface area contributed by atoms with Crippen molar-refractivity contribution >= 4 is 27.5 Å². The third-order valence-electron chi connectivity index (χ3n) is 3.63. The fourth-order valence-electron chi connectivity index (χ4n) is 2.42. The number of hydrogen-bond acceptors (Lipinski definition) is 5. The standard InChI is InChI=1S/C17H14N2O4S/c1-19-12-7-13-14(23-10-22-13)8-15(12)24-17(19)18-16(20)9-21-11-5-3-2-4-6-11/h2-8H,9-10H2,1H3. The number of benzene rings is 2. The minimum absolute atomic E-state index is 0.0962. The van der Waals surface area contributed by atoms with Crippen molar-refractivity contribution in [3.63, 3.8) is 0 Å². The molecule has 24 heavy (non-hydrogen) atoms. The average molecular weight is 342 g/mol. The molecule has 7 heteroatoms. The normalized spacial score (nSPS) is 13.5. The van der Waals surface area contributed by atoms with Crippen molar-refractivity contribution in [2.45, 2.75) is 0 Å². The molecule has 2 heterocycles. The molecular weight excluding hydrogens is 328 g/mol. The van der Waals surface area contributed by atoms with Gasteiger partial charge in [0.15, 0.2) is 22.9 Å². The van der Waals surface area contributed by atoms with Crippen molar-refractivity contribution in [2.75, 3.05) is 13.4 Å². The van der Waals surface area contributed by atoms with Gasteiger partial charge in [-0.2, -0.15) is 4.99 Å². The number of rotatable bonds is 3. The van der Waals surface area contributed by atoms with Gasteiger partial charge in [-0.05, 0) is 12.1 Å². The number of thiazole rings is 1. The highest BCUT2D eigenvalue weighted by atomic mass is 32.1. The summed E-state index contributed by atoms with van der Waals surface area (Å²) in [5, 5.41) is 0. The zero-order valence-corrected chi connectivity index (χ0v) is 13.7. The summed E-state index contributed by atoms with van der Waals surface area (Å²) in [5.41, 5.74) is 0.944. The Morgan fingerprint density at radius 1 is 1.25 bits per heavy atom. The fraction of sp³-hybridized carbons (Fsp3) is 0.176. The zero-order valence-electron chi connectivity index (χ0n) is 12.9. The third-order valence-corrected chi connectivity index (χ3v) is 4.72. The molecule has 0 saturated heterocycles. The van der Waals surface area contributed by atoms with Gasteiger partial charge in [-0.25, -0.2) is 0 Å². The van der Waals surface area contributed by atoms with E-state index in [0.29, 0.717) is 16.3 Å². The number of amides is 1. The van der Waals surface area contributed by atoms with Crippen LogP contribution in [0.3, 0.4) is 0 Å². The van der Waals surface area contributed by atoms with Gasteiger partial charge < -0.3 is 18.8 Å². The molecule has 1 aliphatic rings. The molecule has 6 nitrogen and oxygen atoms in total. The van der Waals surface area contributed by atoms with Gasteiger partial charge in [-0.3, -0.25) is 4.79 Å². The van der Waals surface area contributed by atoms with Crippen LogP contribution in [0.15, 0.2) is 47.5 Å². The van der Waals surface area contributed by atoms with Gasteiger partial charge >= 0.3 is 0 Å². The Morgan fingerprint density at radius 3 is 2.79 bits per heavy atom. The van der Waals surface area contributed by atoms with E-state index in [0.717, 1.165) is 16.0 Å². The largest absolute Gasteiger partial charge is 0.484 e. The van der Waals surface area contributed by atoms with Crippen molar-refractivity contribution in [3.8, 4) is 17.2 Å². The number of para-hydroxylation sites is 1. The highest BCUT2D eigenvalue weighted by molar-refractivity contribution is 7.16. The summed E-state index contributed by atoms with van der Waals surface area (Å²) in [6, 6.07) is 13.0. The molecule has 0 bridgehead atoms. The second-order valence-electron chi connectivity index (χ2n) is 5.22. The number of fused-ring (bicyclic) bond motifs is 2.